The second kappa shape index (κ2) is 8.61. The molecule has 4 heterocycles. The van der Waals surface area contributed by atoms with Gasteiger partial charge in [-0.3, -0.25) is 19.1 Å². The summed E-state index contributed by atoms with van der Waals surface area (Å²) in [5.41, 5.74) is 12.9. The van der Waals surface area contributed by atoms with Crippen molar-refractivity contribution in [3.05, 3.63) is 41.7 Å². The number of nitrogens with zero attached hydrogens (tertiary/aromatic N) is 5. The standard InChI is InChI=1S/C21H23N7O6/c22-16-13-17(26-21(23)25-16)28(9-24-13)20-15(14(30)12(8-29)34-20)33-7-3-6-27-18(31)10-4-1-2-5-11(10)19(27)32/h1-2,4-5,9,12,14-15,20,29-30H,3,6-8H2,(H4,22,23,25,26)/t12-,14-,15-,20?/m1/s1. The van der Waals surface area contributed by atoms with Crippen LogP contribution in [0.25, 0.3) is 11.2 Å². The van der Waals surface area contributed by atoms with Crippen molar-refractivity contribution in [1.29, 1.82) is 0 Å². The number of nitrogens with two attached hydrogens (primary N) is 2. The van der Waals surface area contributed by atoms with E-state index in [1.165, 1.54) is 15.8 Å². The van der Waals surface area contributed by atoms with Crippen LogP contribution in [0.5, 0.6) is 0 Å². The predicted octanol–water partition coefficient (Wildman–Crippen LogP) is -0.687. The van der Waals surface area contributed by atoms with Crippen molar-refractivity contribution < 1.29 is 29.3 Å². The zero-order valence-corrected chi connectivity index (χ0v) is 17.9. The van der Waals surface area contributed by atoms with E-state index in [0.29, 0.717) is 28.7 Å². The van der Waals surface area contributed by atoms with E-state index in [1.54, 1.807) is 24.3 Å². The van der Waals surface area contributed by atoms with Gasteiger partial charge in [-0.15, -0.1) is 0 Å². The number of ether oxygens (including phenoxy) is 2. The molecule has 0 bridgehead atoms. The van der Waals surface area contributed by atoms with Crippen molar-refractivity contribution in [1.82, 2.24) is 24.4 Å². The zero-order valence-electron chi connectivity index (χ0n) is 17.9. The Morgan fingerprint density at radius 2 is 1.82 bits per heavy atom. The van der Waals surface area contributed by atoms with Gasteiger partial charge in [-0.2, -0.15) is 9.97 Å². The summed E-state index contributed by atoms with van der Waals surface area (Å²) in [4.78, 5) is 38.4. The van der Waals surface area contributed by atoms with Gasteiger partial charge in [-0.1, -0.05) is 12.1 Å². The number of aliphatic hydroxyl groups excluding tert-OH is 2. The molecule has 1 aromatic carbocycles. The minimum Gasteiger partial charge on any atom is -0.394 e. The van der Waals surface area contributed by atoms with E-state index in [1.807, 2.05) is 0 Å². The Balaban J connectivity index is 1.29. The average Bonchev–Trinajstić information content (AvgIpc) is 3.45. The van der Waals surface area contributed by atoms with Crippen LogP contribution in [0.4, 0.5) is 11.8 Å². The highest BCUT2D eigenvalue weighted by atomic mass is 16.6. The van der Waals surface area contributed by atoms with Crippen LogP contribution in [-0.2, 0) is 9.47 Å². The predicted molar refractivity (Wildman–Crippen MR) is 117 cm³/mol. The van der Waals surface area contributed by atoms with E-state index >= 15 is 0 Å². The molecule has 2 amide bonds. The smallest absolute Gasteiger partial charge is 0.261 e. The van der Waals surface area contributed by atoms with Crippen LogP contribution in [0, 0.1) is 0 Å². The number of carbonyl (C=O) groups excluding carboxylic acids is 2. The van der Waals surface area contributed by atoms with Crippen molar-refractivity contribution in [2.75, 3.05) is 31.2 Å². The first kappa shape index (κ1) is 22.2. The third-order valence-electron chi connectivity index (χ3n) is 5.95. The van der Waals surface area contributed by atoms with Crippen LogP contribution >= 0.6 is 0 Å². The van der Waals surface area contributed by atoms with Crippen LogP contribution < -0.4 is 11.5 Å². The van der Waals surface area contributed by atoms with Gasteiger partial charge in [-0.25, -0.2) is 4.98 Å². The van der Waals surface area contributed by atoms with Crippen LogP contribution in [0.2, 0.25) is 0 Å². The molecule has 0 saturated carbocycles. The van der Waals surface area contributed by atoms with E-state index in [4.69, 9.17) is 20.9 Å². The SMILES string of the molecule is Nc1nc(N)c2ncn(C3O[C@H](CO)[C@@H](O)[C@H]3OCCCN3C(=O)c4ccccc4C3=O)c2n1. The lowest BCUT2D eigenvalue weighted by Gasteiger charge is -2.22. The first-order chi connectivity index (χ1) is 16.4. The third-order valence-corrected chi connectivity index (χ3v) is 5.95. The fraction of sp³-hybridized carbons (Fsp3) is 0.381. The van der Waals surface area contributed by atoms with Crippen LogP contribution in [-0.4, -0.2) is 84.5 Å². The molecule has 13 nitrogen and oxygen atoms in total. The number of aliphatic hydroxyl groups is 2. The molecule has 6 N–H and O–H groups in total. The third kappa shape index (κ3) is 3.54. The molecule has 5 rings (SSSR count). The quantitative estimate of drug-likeness (QED) is 0.253. The van der Waals surface area contributed by atoms with Gasteiger partial charge in [0.1, 0.15) is 23.8 Å². The molecule has 4 atom stereocenters. The van der Waals surface area contributed by atoms with Crippen molar-refractivity contribution >= 4 is 34.7 Å². The van der Waals surface area contributed by atoms with Crippen LogP contribution in [0.3, 0.4) is 0 Å². The minimum absolute atomic E-state index is 0.0533. The van der Waals surface area contributed by atoms with E-state index in [-0.39, 0.29) is 36.7 Å². The topological polar surface area (TPSA) is 192 Å². The number of rotatable bonds is 7. The fourth-order valence-corrected chi connectivity index (χ4v) is 4.30. The maximum absolute atomic E-state index is 12.5. The van der Waals surface area contributed by atoms with Crippen molar-refractivity contribution in [2.45, 2.75) is 31.0 Å². The Bertz CT molecular complexity index is 1230. The lowest BCUT2D eigenvalue weighted by molar-refractivity contribution is -0.0712. The Kier molecular flexibility index (Phi) is 5.61. The lowest BCUT2D eigenvalue weighted by Crippen LogP contribution is -2.36. The first-order valence-electron chi connectivity index (χ1n) is 10.7. The molecule has 1 fully saturated rings. The maximum atomic E-state index is 12.5. The van der Waals surface area contributed by atoms with Crippen molar-refractivity contribution in [2.24, 2.45) is 0 Å². The van der Waals surface area contributed by atoms with E-state index in [9.17, 15) is 19.8 Å². The molecule has 0 aliphatic carbocycles. The number of nitrogen functional groups attached to an aromatic ring is 2. The first-order valence-corrected chi connectivity index (χ1v) is 10.7. The number of hydrogen-bond donors (Lipinski definition) is 4. The number of benzene rings is 1. The number of amides is 2. The van der Waals surface area contributed by atoms with Gasteiger partial charge in [0.2, 0.25) is 5.95 Å². The molecule has 2 aliphatic rings. The Hall–Kier alpha value is -3.65. The summed E-state index contributed by atoms with van der Waals surface area (Å²) in [5.74, 6) is -0.648. The molecule has 3 aromatic rings. The summed E-state index contributed by atoms with van der Waals surface area (Å²) < 4.78 is 13.2. The molecule has 13 heteroatoms. The number of anilines is 2. The van der Waals surface area contributed by atoms with Crippen LogP contribution in [0.1, 0.15) is 33.4 Å². The van der Waals surface area contributed by atoms with Gasteiger partial charge in [-0.05, 0) is 18.6 Å². The highest BCUT2D eigenvalue weighted by Gasteiger charge is 2.46. The van der Waals surface area contributed by atoms with Crippen molar-refractivity contribution in [3.63, 3.8) is 0 Å². The highest BCUT2D eigenvalue weighted by molar-refractivity contribution is 6.21. The summed E-state index contributed by atoms with van der Waals surface area (Å²) in [7, 11) is 0. The van der Waals surface area contributed by atoms with E-state index < -0.39 is 31.1 Å². The Morgan fingerprint density at radius 3 is 2.50 bits per heavy atom. The zero-order chi connectivity index (χ0) is 24.0. The van der Waals surface area contributed by atoms with E-state index in [0.717, 1.165) is 0 Å². The van der Waals surface area contributed by atoms with Gasteiger partial charge in [0.15, 0.2) is 17.7 Å². The Labute approximate surface area is 192 Å². The van der Waals surface area contributed by atoms with Crippen molar-refractivity contribution in [3.8, 4) is 0 Å². The monoisotopic (exact) mass is 469 g/mol. The number of imidazole rings is 1. The number of fused-ring (bicyclic) bond motifs is 2. The summed E-state index contributed by atoms with van der Waals surface area (Å²) in [6, 6.07) is 6.66. The second-order valence-electron chi connectivity index (χ2n) is 8.03. The summed E-state index contributed by atoms with van der Waals surface area (Å²) >= 11 is 0. The molecule has 178 valence electrons. The van der Waals surface area contributed by atoms with Gasteiger partial charge < -0.3 is 31.2 Å². The van der Waals surface area contributed by atoms with Gasteiger partial charge in [0, 0.05) is 13.2 Å². The summed E-state index contributed by atoms with van der Waals surface area (Å²) in [6.07, 6.45) is -2.08. The largest absolute Gasteiger partial charge is 0.394 e. The number of hydrogen-bond acceptors (Lipinski definition) is 11. The molecule has 0 radical (unpaired) electrons. The molecule has 34 heavy (non-hydrogen) atoms. The summed E-state index contributed by atoms with van der Waals surface area (Å²) in [6.45, 7) is -0.171. The van der Waals surface area contributed by atoms with E-state index in [2.05, 4.69) is 15.0 Å². The van der Waals surface area contributed by atoms with Crippen LogP contribution in [0.15, 0.2) is 30.6 Å². The second-order valence-corrected chi connectivity index (χ2v) is 8.03. The number of carbonyl (C=O) groups is 2. The highest BCUT2D eigenvalue weighted by Crippen LogP contribution is 2.34. The number of aromatic nitrogens is 4. The summed E-state index contributed by atoms with van der Waals surface area (Å²) in [5, 5.41) is 20.3. The molecule has 1 unspecified atom stereocenters. The number of imide groups is 1. The molecular formula is C21H23N7O6. The van der Waals surface area contributed by atoms with Gasteiger partial charge in [0.05, 0.1) is 24.1 Å². The van der Waals surface area contributed by atoms with Gasteiger partial charge >= 0.3 is 0 Å². The lowest BCUT2D eigenvalue weighted by atomic mass is 10.1. The molecule has 2 aromatic heterocycles. The molecule has 1 saturated heterocycles. The maximum Gasteiger partial charge on any atom is 0.261 e. The average molecular weight is 469 g/mol. The fourth-order valence-electron chi connectivity index (χ4n) is 4.30. The Morgan fingerprint density at radius 1 is 1.12 bits per heavy atom. The van der Waals surface area contributed by atoms with Gasteiger partial charge in [0.25, 0.3) is 11.8 Å². The molecule has 0 spiro atoms. The minimum atomic E-state index is -1.15. The molecular weight excluding hydrogens is 446 g/mol. The normalized spacial score (nSPS) is 24.4. The molecule has 2 aliphatic heterocycles.